The highest BCUT2D eigenvalue weighted by atomic mass is 19.2. The first-order valence-electron chi connectivity index (χ1n) is 5.98. The van der Waals surface area contributed by atoms with Gasteiger partial charge in [0.1, 0.15) is 11.5 Å². The van der Waals surface area contributed by atoms with Crippen LogP contribution in [0.25, 0.3) is 0 Å². The van der Waals surface area contributed by atoms with Crippen molar-refractivity contribution in [1.29, 1.82) is 0 Å². The van der Waals surface area contributed by atoms with Crippen LogP contribution in [0.2, 0.25) is 0 Å². The summed E-state index contributed by atoms with van der Waals surface area (Å²) in [4.78, 5) is 12.6. The van der Waals surface area contributed by atoms with E-state index in [-0.39, 0.29) is 17.0 Å². The predicted octanol–water partition coefficient (Wildman–Crippen LogP) is 0.490. The third-order valence-electron chi connectivity index (χ3n) is 3.20. The topological polar surface area (TPSA) is 61.5 Å². The zero-order valence-electron chi connectivity index (χ0n) is 11.0. The van der Waals surface area contributed by atoms with Gasteiger partial charge in [-0.25, -0.2) is 15.8 Å². The van der Waals surface area contributed by atoms with Gasteiger partial charge in [-0.2, -0.15) is 0 Å². The summed E-state index contributed by atoms with van der Waals surface area (Å²) < 4.78 is 13.3. The molecule has 0 bridgehead atoms. The van der Waals surface area contributed by atoms with Crippen molar-refractivity contribution in [3.63, 3.8) is 0 Å². The van der Waals surface area contributed by atoms with Crippen molar-refractivity contribution in [2.75, 3.05) is 36.8 Å². The summed E-state index contributed by atoms with van der Waals surface area (Å²) in [6, 6.07) is 0.261. The van der Waals surface area contributed by atoms with E-state index in [1.54, 1.807) is 6.92 Å². The number of piperazine rings is 1. The number of aromatic nitrogens is 2. The molecule has 2 N–H and O–H groups in total. The third-order valence-corrected chi connectivity index (χ3v) is 3.20. The normalized spacial score (nSPS) is 21.2. The van der Waals surface area contributed by atoms with Gasteiger partial charge in [0, 0.05) is 25.7 Å². The van der Waals surface area contributed by atoms with Gasteiger partial charge >= 0.3 is 0 Å². The van der Waals surface area contributed by atoms with Crippen molar-refractivity contribution in [1.82, 2.24) is 14.9 Å². The molecule has 7 heteroatoms. The first kappa shape index (κ1) is 13.0. The predicted molar refractivity (Wildman–Crippen MR) is 68.8 cm³/mol. The number of hydrazine groups is 1. The molecule has 0 spiro atoms. The van der Waals surface area contributed by atoms with E-state index in [1.165, 1.54) is 6.20 Å². The maximum absolute atomic E-state index is 13.3. The minimum atomic E-state index is 0.0831. The Hall–Kier alpha value is -1.47. The van der Waals surface area contributed by atoms with E-state index in [0.29, 0.717) is 11.6 Å². The van der Waals surface area contributed by atoms with Crippen molar-refractivity contribution in [3.05, 3.63) is 12.0 Å². The van der Waals surface area contributed by atoms with E-state index in [4.69, 9.17) is 5.84 Å². The Bertz CT molecular complexity index is 424. The van der Waals surface area contributed by atoms with Gasteiger partial charge in [0.15, 0.2) is 5.82 Å². The van der Waals surface area contributed by atoms with E-state index in [1.807, 2.05) is 0 Å². The zero-order valence-corrected chi connectivity index (χ0v) is 11.0. The van der Waals surface area contributed by atoms with Crippen LogP contribution in [-0.2, 0) is 0 Å². The number of hydrogen-bond acceptors (Lipinski definition) is 6. The molecule has 1 aromatic heterocycles. The molecule has 1 aliphatic heterocycles. The average Bonchev–Trinajstić information content (AvgIpc) is 2.28. The lowest BCUT2D eigenvalue weighted by molar-refractivity contribution is 0.274. The first-order valence-corrected chi connectivity index (χ1v) is 5.98. The van der Waals surface area contributed by atoms with E-state index < -0.39 is 0 Å². The van der Waals surface area contributed by atoms with Crippen LogP contribution in [0.3, 0.4) is 0 Å². The molecule has 1 fully saturated rings. The number of anilines is 2. The van der Waals surface area contributed by atoms with Crippen LogP contribution in [0.4, 0.5) is 16.0 Å². The molecule has 2 heterocycles. The standard InChI is InChI=1S/C11H19FN6/c1-8-7-16(3)4-5-17(8)11-10(18(12)13)6-14-9(2)15-11/h6,8H,4-5,7,13H2,1-3H3/t8-/m1/s1. The minimum absolute atomic E-state index is 0.0831. The monoisotopic (exact) mass is 254 g/mol. The number of hydrogen-bond donors (Lipinski definition) is 1. The first-order chi connectivity index (χ1) is 8.49. The Balaban J connectivity index is 2.34. The van der Waals surface area contributed by atoms with Crippen molar-refractivity contribution in [2.45, 2.75) is 19.9 Å². The van der Waals surface area contributed by atoms with Crippen LogP contribution in [-0.4, -0.2) is 47.6 Å². The maximum Gasteiger partial charge on any atom is 0.160 e. The zero-order chi connectivity index (χ0) is 13.3. The Morgan fingerprint density at radius 3 is 2.83 bits per heavy atom. The number of halogens is 1. The molecule has 1 saturated heterocycles. The van der Waals surface area contributed by atoms with Gasteiger partial charge in [-0.15, -0.1) is 5.23 Å². The Morgan fingerprint density at radius 2 is 2.22 bits per heavy atom. The molecule has 1 atom stereocenters. The quantitative estimate of drug-likeness (QED) is 0.471. The molecule has 0 aliphatic carbocycles. The lowest BCUT2D eigenvalue weighted by Gasteiger charge is -2.39. The fraction of sp³-hybridized carbons (Fsp3) is 0.636. The summed E-state index contributed by atoms with van der Waals surface area (Å²) in [6.45, 7) is 6.51. The van der Waals surface area contributed by atoms with Gasteiger partial charge in [0.05, 0.1) is 6.20 Å². The van der Waals surface area contributed by atoms with E-state index in [0.717, 1.165) is 19.6 Å². The third kappa shape index (κ3) is 2.51. The van der Waals surface area contributed by atoms with Crippen LogP contribution in [0.15, 0.2) is 6.20 Å². The number of nitrogens with two attached hydrogens (primary N) is 1. The van der Waals surface area contributed by atoms with Crippen LogP contribution >= 0.6 is 0 Å². The number of aryl methyl sites for hydroxylation is 1. The van der Waals surface area contributed by atoms with Crippen molar-refractivity contribution in [2.24, 2.45) is 5.84 Å². The highest BCUT2D eigenvalue weighted by Crippen LogP contribution is 2.28. The van der Waals surface area contributed by atoms with Gasteiger partial charge in [-0.3, -0.25) is 0 Å². The summed E-state index contributed by atoms with van der Waals surface area (Å²) in [5.41, 5.74) is 0.206. The molecule has 0 radical (unpaired) electrons. The second kappa shape index (κ2) is 5.03. The fourth-order valence-electron chi connectivity index (χ4n) is 2.27. The molecule has 100 valence electrons. The molecular weight excluding hydrogens is 235 g/mol. The molecule has 6 nitrogen and oxygen atoms in total. The molecule has 0 aromatic carbocycles. The van der Waals surface area contributed by atoms with E-state index >= 15 is 0 Å². The molecule has 2 rings (SSSR count). The van der Waals surface area contributed by atoms with Crippen molar-refractivity contribution < 1.29 is 4.48 Å². The molecule has 0 saturated carbocycles. The van der Waals surface area contributed by atoms with Gasteiger partial charge < -0.3 is 9.80 Å². The van der Waals surface area contributed by atoms with Crippen LogP contribution in [0.1, 0.15) is 12.7 Å². The smallest absolute Gasteiger partial charge is 0.160 e. The van der Waals surface area contributed by atoms with Crippen LogP contribution in [0.5, 0.6) is 0 Å². The molecule has 1 aromatic rings. The summed E-state index contributed by atoms with van der Waals surface area (Å²) >= 11 is 0. The van der Waals surface area contributed by atoms with Gasteiger partial charge in [0.2, 0.25) is 0 Å². The Kier molecular flexibility index (Phi) is 3.63. The lowest BCUT2D eigenvalue weighted by atomic mass is 10.2. The summed E-state index contributed by atoms with van der Waals surface area (Å²) in [7, 11) is 2.07. The number of nitrogens with zero attached hydrogens (tertiary/aromatic N) is 5. The van der Waals surface area contributed by atoms with Crippen molar-refractivity contribution >= 4 is 11.5 Å². The molecule has 0 amide bonds. The average molecular weight is 254 g/mol. The van der Waals surface area contributed by atoms with Crippen LogP contribution < -0.4 is 16.0 Å². The van der Waals surface area contributed by atoms with Gasteiger partial charge in [-0.1, -0.05) is 4.48 Å². The lowest BCUT2D eigenvalue weighted by Crippen LogP contribution is -2.51. The van der Waals surface area contributed by atoms with E-state index in [9.17, 15) is 4.48 Å². The molecule has 1 aliphatic rings. The molecule has 0 unspecified atom stereocenters. The molecule has 18 heavy (non-hydrogen) atoms. The minimum Gasteiger partial charge on any atom is -0.349 e. The van der Waals surface area contributed by atoms with Gasteiger partial charge in [0.25, 0.3) is 0 Å². The number of likely N-dealkylation sites (N-methyl/N-ethyl adjacent to an activating group) is 1. The summed E-state index contributed by atoms with van der Waals surface area (Å²) in [6.07, 6.45) is 1.42. The molecular formula is C11H19FN6. The Labute approximate surface area is 106 Å². The second-order valence-electron chi connectivity index (χ2n) is 4.74. The largest absolute Gasteiger partial charge is 0.349 e. The Morgan fingerprint density at radius 1 is 1.50 bits per heavy atom. The summed E-state index contributed by atoms with van der Waals surface area (Å²) in [5, 5.41) is 0.0831. The van der Waals surface area contributed by atoms with Gasteiger partial charge in [-0.05, 0) is 20.9 Å². The van der Waals surface area contributed by atoms with Crippen molar-refractivity contribution in [3.8, 4) is 0 Å². The highest BCUT2D eigenvalue weighted by Gasteiger charge is 2.26. The fourth-order valence-corrected chi connectivity index (χ4v) is 2.27. The maximum atomic E-state index is 13.3. The van der Waals surface area contributed by atoms with Crippen LogP contribution in [0, 0.1) is 6.92 Å². The highest BCUT2D eigenvalue weighted by molar-refractivity contribution is 5.64. The summed E-state index contributed by atoms with van der Waals surface area (Å²) in [5.74, 6) is 6.37. The van der Waals surface area contributed by atoms with E-state index in [2.05, 4.69) is 33.7 Å². The number of rotatable bonds is 2. The SMILES string of the molecule is Cc1ncc(N(N)F)c(N2CCN(C)C[C@H]2C)n1. The second-order valence-corrected chi connectivity index (χ2v) is 4.74.